The molecule has 0 spiro atoms. The lowest BCUT2D eigenvalue weighted by molar-refractivity contribution is -0.116. The molecule has 0 aliphatic carbocycles. The topological polar surface area (TPSA) is 98.0 Å². The first-order chi connectivity index (χ1) is 15.4. The normalized spacial score (nSPS) is 17.1. The molecule has 1 saturated heterocycles. The van der Waals surface area contributed by atoms with Crippen LogP contribution in [0.1, 0.15) is 35.4 Å². The predicted molar refractivity (Wildman–Crippen MR) is 121 cm³/mol. The van der Waals surface area contributed by atoms with Crippen LogP contribution in [0.3, 0.4) is 0 Å². The fraction of sp³-hybridized carbons (Fsp3) is 0.391. The molecule has 9 heteroatoms. The van der Waals surface area contributed by atoms with Gasteiger partial charge in [-0.25, -0.2) is 4.98 Å². The largest absolute Gasteiger partial charge is 0.493 e. The fourth-order valence-electron chi connectivity index (χ4n) is 3.84. The van der Waals surface area contributed by atoms with E-state index in [1.165, 1.54) is 7.11 Å². The standard InChI is InChI=1S/C23H27N5O4/c1-14-8-16-11-24-18-10-20(19(31-4)9-17(18)23(30)28(16)12-14)32-7-5-6-22(29)26-21-13-27(3)15(2)25-21/h9-11,13,16H,1,5-8,12H2,2-4H3,(H,26,29). The molecule has 0 radical (unpaired) electrons. The minimum atomic E-state index is -0.127. The van der Waals surface area contributed by atoms with E-state index in [1.807, 2.05) is 18.5 Å². The summed E-state index contributed by atoms with van der Waals surface area (Å²) in [5.41, 5.74) is 2.05. The first-order valence-corrected chi connectivity index (χ1v) is 10.5. The Balaban J connectivity index is 1.38. The van der Waals surface area contributed by atoms with Crippen molar-refractivity contribution in [1.82, 2.24) is 14.5 Å². The van der Waals surface area contributed by atoms with Crippen LogP contribution < -0.4 is 14.8 Å². The maximum Gasteiger partial charge on any atom is 0.257 e. The van der Waals surface area contributed by atoms with E-state index in [-0.39, 0.29) is 17.9 Å². The van der Waals surface area contributed by atoms with Gasteiger partial charge in [0.25, 0.3) is 5.91 Å². The highest BCUT2D eigenvalue weighted by atomic mass is 16.5. The number of carbonyl (C=O) groups excluding carboxylic acids is 2. The number of nitrogens with zero attached hydrogens (tertiary/aromatic N) is 4. The zero-order valence-electron chi connectivity index (χ0n) is 18.6. The van der Waals surface area contributed by atoms with E-state index in [0.717, 1.165) is 17.8 Å². The maximum absolute atomic E-state index is 13.0. The van der Waals surface area contributed by atoms with Gasteiger partial charge in [0.05, 0.1) is 31.0 Å². The molecule has 168 valence electrons. The van der Waals surface area contributed by atoms with Crippen LogP contribution in [-0.4, -0.2) is 58.8 Å². The van der Waals surface area contributed by atoms with Crippen LogP contribution >= 0.6 is 0 Å². The predicted octanol–water partition coefficient (Wildman–Crippen LogP) is 3.02. The SMILES string of the molecule is C=C1CC2C=Nc3cc(OCCCC(=O)Nc4cn(C)c(C)n4)c(OC)cc3C(=O)N2C1. The molecule has 9 nitrogen and oxygen atoms in total. The van der Waals surface area contributed by atoms with E-state index < -0.39 is 0 Å². The Hall–Kier alpha value is -3.62. The molecule has 1 fully saturated rings. The Labute approximate surface area is 186 Å². The number of fused-ring (bicyclic) bond motifs is 2. The Morgan fingerprint density at radius 1 is 1.34 bits per heavy atom. The molecule has 2 aromatic rings. The fourth-order valence-corrected chi connectivity index (χ4v) is 3.84. The first-order valence-electron chi connectivity index (χ1n) is 10.5. The molecule has 1 N–H and O–H groups in total. The zero-order valence-corrected chi connectivity index (χ0v) is 18.6. The number of hydrogen-bond acceptors (Lipinski definition) is 6. The third-order valence-electron chi connectivity index (χ3n) is 5.63. The number of aliphatic imine (C=N–C) groups is 1. The number of ether oxygens (including phenoxy) is 2. The quantitative estimate of drug-likeness (QED) is 0.530. The molecule has 4 rings (SSSR count). The molecular weight excluding hydrogens is 410 g/mol. The van der Waals surface area contributed by atoms with Crippen molar-refractivity contribution >= 4 is 29.5 Å². The van der Waals surface area contributed by atoms with Gasteiger partial charge in [-0.1, -0.05) is 12.2 Å². The van der Waals surface area contributed by atoms with Gasteiger partial charge in [0.15, 0.2) is 17.3 Å². The molecule has 2 amide bonds. The van der Waals surface area contributed by atoms with Gasteiger partial charge in [-0.05, 0) is 25.8 Å². The van der Waals surface area contributed by atoms with Gasteiger partial charge >= 0.3 is 0 Å². The molecular formula is C23H27N5O4. The molecule has 32 heavy (non-hydrogen) atoms. The highest BCUT2D eigenvalue weighted by Gasteiger charge is 2.34. The molecule has 0 saturated carbocycles. The highest BCUT2D eigenvalue weighted by molar-refractivity contribution is 6.03. The van der Waals surface area contributed by atoms with Crippen LogP contribution in [0, 0.1) is 6.92 Å². The molecule has 1 unspecified atom stereocenters. The summed E-state index contributed by atoms with van der Waals surface area (Å²) in [4.78, 5) is 35.7. The molecule has 2 aliphatic heterocycles. The number of anilines is 1. The minimum absolute atomic E-state index is 0.0702. The lowest BCUT2D eigenvalue weighted by Gasteiger charge is -2.20. The Kier molecular flexibility index (Phi) is 5.98. The van der Waals surface area contributed by atoms with Crippen molar-refractivity contribution in [3.8, 4) is 11.5 Å². The molecule has 0 bridgehead atoms. The number of aromatic nitrogens is 2. The lowest BCUT2D eigenvalue weighted by atomic mass is 10.1. The third-order valence-corrected chi connectivity index (χ3v) is 5.63. The van der Waals surface area contributed by atoms with Gasteiger partial charge in [-0.15, -0.1) is 0 Å². The number of imidazole rings is 1. The summed E-state index contributed by atoms with van der Waals surface area (Å²) >= 11 is 0. The van der Waals surface area contributed by atoms with Crippen LogP contribution in [0.4, 0.5) is 11.5 Å². The van der Waals surface area contributed by atoms with E-state index in [0.29, 0.717) is 54.6 Å². The molecule has 1 aromatic heterocycles. The van der Waals surface area contributed by atoms with E-state index in [2.05, 4.69) is 21.9 Å². The average molecular weight is 438 g/mol. The van der Waals surface area contributed by atoms with E-state index in [9.17, 15) is 9.59 Å². The summed E-state index contributed by atoms with van der Waals surface area (Å²) in [6.07, 6.45) is 5.09. The van der Waals surface area contributed by atoms with Crippen molar-refractivity contribution in [2.24, 2.45) is 12.0 Å². The number of benzene rings is 1. The summed E-state index contributed by atoms with van der Waals surface area (Å²) in [7, 11) is 3.40. The van der Waals surface area contributed by atoms with Gasteiger partial charge in [-0.2, -0.15) is 0 Å². The third kappa shape index (κ3) is 4.37. The second-order valence-electron chi connectivity index (χ2n) is 8.04. The summed E-state index contributed by atoms with van der Waals surface area (Å²) in [6, 6.07) is 3.32. The number of amides is 2. The minimum Gasteiger partial charge on any atom is -0.493 e. The zero-order chi connectivity index (χ0) is 22.8. The lowest BCUT2D eigenvalue weighted by Crippen LogP contribution is -2.35. The summed E-state index contributed by atoms with van der Waals surface area (Å²) in [5.74, 6) is 2.09. The molecule has 1 atom stereocenters. The van der Waals surface area contributed by atoms with Crippen LogP contribution in [-0.2, 0) is 11.8 Å². The highest BCUT2D eigenvalue weighted by Crippen LogP contribution is 2.38. The molecule has 1 aromatic carbocycles. The summed E-state index contributed by atoms with van der Waals surface area (Å²) in [6.45, 7) is 6.72. The number of nitrogens with one attached hydrogen (secondary N) is 1. The van der Waals surface area contributed by atoms with Crippen LogP contribution in [0.5, 0.6) is 11.5 Å². The number of hydrogen-bond donors (Lipinski definition) is 1. The molecule has 2 aliphatic rings. The van der Waals surface area contributed by atoms with Crippen LogP contribution in [0.25, 0.3) is 0 Å². The van der Waals surface area contributed by atoms with Gasteiger partial charge in [0.2, 0.25) is 5.91 Å². The van der Waals surface area contributed by atoms with Crippen molar-refractivity contribution in [2.75, 3.05) is 25.6 Å². The number of aryl methyl sites for hydroxylation is 2. The Morgan fingerprint density at radius 2 is 2.16 bits per heavy atom. The van der Waals surface area contributed by atoms with Gasteiger partial charge < -0.3 is 24.3 Å². The number of carbonyl (C=O) groups is 2. The second-order valence-corrected chi connectivity index (χ2v) is 8.04. The van der Waals surface area contributed by atoms with Crippen LogP contribution in [0.15, 0.2) is 35.5 Å². The second kappa shape index (κ2) is 8.86. The van der Waals surface area contributed by atoms with Gasteiger partial charge in [-0.3, -0.25) is 14.6 Å². The summed E-state index contributed by atoms with van der Waals surface area (Å²) < 4.78 is 13.2. The van der Waals surface area contributed by atoms with E-state index >= 15 is 0 Å². The van der Waals surface area contributed by atoms with Crippen molar-refractivity contribution in [1.29, 1.82) is 0 Å². The van der Waals surface area contributed by atoms with Crippen molar-refractivity contribution in [2.45, 2.75) is 32.2 Å². The maximum atomic E-state index is 13.0. The van der Waals surface area contributed by atoms with Gasteiger partial charge in [0.1, 0.15) is 5.82 Å². The van der Waals surface area contributed by atoms with E-state index in [1.54, 1.807) is 29.4 Å². The van der Waals surface area contributed by atoms with Crippen LogP contribution in [0.2, 0.25) is 0 Å². The smallest absolute Gasteiger partial charge is 0.257 e. The number of methoxy groups -OCH3 is 1. The monoisotopic (exact) mass is 437 g/mol. The first kappa shape index (κ1) is 21.6. The number of rotatable bonds is 7. The van der Waals surface area contributed by atoms with Crippen molar-refractivity contribution < 1.29 is 19.1 Å². The average Bonchev–Trinajstić information content (AvgIpc) is 3.25. The molecule has 3 heterocycles. The van der Waals surface area contributed by atoms with Crippen molar-refractivity contribution in [3.05, 3.63) is 41.9 Å². The Morgan fingerprint density at radius 3 is 2.88 bits per heavy atom. The van der Waals surface area contributed by atoms with Crippen molar-refractivity contribution in [3.63, 3.8) is 0 Å². The van der Waals surface area contributed by atoms with E-state index in [4.69, 9.17) is 9.47 Å². The van der Waals surface area contributed by atoms with Gasteiger partial charge in [0, 0.05) is 38.5 Å². The Bertz CT molecular complexity index is 1080. The summed E-state index contributed by atoms with van der Waals surface area (Å²) in [5, 5.41) is 2.78.